The minimum atomic E-state index is -3.29. The first-order valence-corrected chi connectivity index (χ1v) is 8.60. The van der Waals surface area contributed by atoms with Crippen LogP contribution in [0.5, 0.6) is 0 Å². The SMILES string of the molecule is CCC(C)c1cccc(S(=O)(=O)N2CCCCC2)c1. The molecule has 1 atom stereocenters. The summed E-state index contributed by atoms with van der Waals surface area (Å²) in [6, 6.07) is 7.44. The number of rotatable bonds is 4. The highest BCUT2D eigenvalue weighted by Gasteiger charge is 2.26. The maximum Gasteiger partial charge on any atom is 0.243 e. The van der Waals surface area contributed by atoms with Crippen LogP contribution in [0.25, 0.3) is 0 Å². The zero-order valence-electron chi connectivity index (χ0n) is 11.8. The molecule has 1 aliphatic heterocycles. The molecule has 1 saturated heterocycles. The number of sulfonamides is 1. The second-order valence-electron chi connectivity index (χ2n) is 5.35. The second kappa shape index (κ2) is 6.06. The van der Waals surface area contributed by atoms with Crippen LogP contribution in [0.4, 0.5) is 0 Å². The van der Waals surface area contributed by atoms with Gasteiger partial charge in [-0.2, -0.15) is 4.31 Å². The van der Waals surface area contributed by atoms with Crippen molar-refractivity contribution in [3.05, 3.63) is 29.8 Å². The van der Waals surface area contributed by atoms with Gasteiger partial charge in [-0.1, -0.05) is 32.4 Å². The van der Waals surface area contributed by atoms with Crippen LogP contribution in [0.2, 0.25) is 0 Å². The third-order valence-electron chi connectivity index (χ3n) is 3.99. The Hall–Kier alpha value is -0.870. The van der Waals surface area contributed by atoms with E-state index in [-0.39, 0.29) is 0 Å². The van der Waals surface area contributed by atoms with Gasteiger partial charge in [-0.05, 0) is 42.9 Å². The highest BCUT2D eigenvalue weighted by atomic mass is 32.2. The minimum absolute atomic E-state index is 0.400. The first kappa shape index (κ1) is 14.5. The van der Waals surface area contributed by atoms with E-state index in [1.807, 2.05) is 18.2 Å². The van der Waals surface area contributed by atoms with Gasteiger partial charge in [0.05, 0.1) is 4.90 Å². The van der Waals surface area contributed by atoms with Gasteiger partial charge in [0.25, 0.3) is 0 Å². The molecule has 19 heavy (non-hydrogen) atoms. The van der Waals surface area contributed by atoms with E-state index in [4.69, 9.17) is 0 Å². The van der Waals surface area contributed by atoms with E-state index in [9.17, 15) is 8.42 Å². The second-order valence-corrected chi connectivity index (χ2v) is 7.28. The smallest absolute Gasteiger partial charge is 0.207 e. The largest absolute Gasteiger partial charge is 0.243 e. The van der Waals surface area contributed by atoms with Crippen LogP contribution in [0.3, 0.4) is 0 Å². The van der Waals surface area contributed by atoms with Crippen LogP contribution in [-0.4, -0.2) is 25.8 Å². The Balaban J connectivity index is 2.29. The monoisotopic (exact) mass is 281 g/mol. The topological polar surface area (TPSA) is 37.4 Å². The molecule has 3 nitrogen and oxygen atoms in total. The lowest BCUT2D eigenvalue weighted by Crippen LogP contribution is -2.35. The highest BCUT2D eigenvalue weighted by Crippen LogP contribution is 2.25. The summed E-state index contributed by atoms with van der Waals surface area (Å²) in [7, 11) is -3.29. The van der Waals surface area contributed by atoms with Gasteiger partial charge in [0.2, 0.25) is 10.0 Å². The highest BCUT2D eigenvalue weighted by molar-refractivity contribution is 7.89. The zero-order valence-corrected chi connectivity index (χ0v) is 12.6. The first-order chi connectivity index (χ1) is 9.05. The van der Waals surface area contributed by atoms with Gasteiger partial charge in [-0.15, -0.1) is 0 Å². The molecule has 1 aliphatic rings. The summed E-state index contributed by atoms with van der Waals surface area (Å²) in [5.41, 5.74) is 1.11. The number of benzene rings is 1. The number of piperidine rings is 1. The average Bonchev–Trinajstić information content (AvgIpc) is 2.47. The van der Waals surface area contributed by atoms with Crippen molar-refractivity contribution in [3.63, 3.8) is 0 Å². The maximum atomic E-state index is 12.6. The van der Waals surface area contributed by atoms with E-state index < -0.39 is 10.0 Å². The van der Waals surface area contributed by atoms with Crippen molar-refractivity contribution in [1.29, 1.82) is 0 Å². The van der Waals surface area contributed by atoms with Crippen molar-refractivity contribution in [3.8, 4) is 0 Å². The molecule has 1 unspecified atom stereocenters. The number of nitrogens with zero attached hydrogens (tertiary/aromatic N) is 1. The Labute approximate surface area is 116 Å². The van der Waals surface area contributed by atoms with Gasteiger partial charge in [0.15, 0.2) is 0 Å². The van der Waals surface area contributed by atoms with Crippen LogP contribution in [0.15, 0.2) is 29.2 Å². The van der Waals surface area contributed by atoms with E-state index >= 15 is 0 Å². The third kappa shape index (κ3) is 3.18. The van der Waals surface area contributed by atoms with Crippen LogP contribution < -0.4 is 0 Å². The Morgan fingerprint density at radius 3 is 2.53 bits per heavy atom. The van der Waals surface area contributed by atoms with Gasteiger partial charge in [-0.3, -0.25) is 0 Å². The molecule has 0 N–H and O–H groups in total. The van der Waals surface area contributed by atoms with Crippen molar-refractivity contribution in [2.75, 3.05) is 13.1 Å². The average molecular weight is 281 g/mol. The predicted molar refractivity (Wildman–Crippen MR) is 77.8 cm³/mol. The molecule has 106 valence electrons. The van der Waals surface area contributed by atoms with Crippen LogP contribution in [-0.2, 0) is 10.0 Å². The number of hydrogen-bond donors (Lipinski definition) is 0. The molecule has 1 aromatic carbocycles. The quantitative estimate of drug-likeness (QED) is 0.848. The summed E-state index contributed by atoms with van der Waals surface area (Å²) < 4.78 is 26.8. The molecule has 0 amide bonds. The summed E-state index contributed by atoms with van der Waals surface area (Å²) in [4.78, 5) is 0.451. The fourth-order valence-electron chi connectivity index (χ4n) is 2.47. The zero-order chi connectivity index (χ0) is 13.9. The Morgan fingerprint density at radius 1 is 1.21 bits per heavy atom. The molecule has 0 saturated carbocycles. The van der Waals surface area contributed by atoms with Crippen molar-refractivity contribution >= 4 is 10.0 Å². The Kier molecular flexibility index (Phi) is 4.63. The van der Waals surface area contributed by atoms with Gasteiger partial charge in [0, 0.05) is 13.1 Å². The molecule has 1 heterocycles. The summed E-state index contributed by atoms with van der Waals surface area (Å²) in [5.74, 6) is 0.400. The fraction of sp³-hybridized carbons (Fsp3) is 0.600. The van der Waals surface area contributed by atoms with Gasteiger partial charge in [0.1, 0.15) is 0 Å². The molecule has 1 aromatic rings. The molecular weight excluding hydrogens is 258 g/mol. The molecular formula is C15H23NO2S. The van der Waals surface area contributed by atoms with Gasteiger partial charge in [-0.25, -0.2) is 8.42 Å². The van der Waals surface area contributed by atoms with Crippen LogP contribution >= 0.6 is 0 Å². The van der Waals surface area contributed by atoms with E-state index in [0.717, 1.165) is 31.2 Å². The summed E-state index contributed by atoms with van der Waals surface area (Å²) >= 11 is 0. The lowest BCUT2D eigenvalue weighted by Gasteiger charge is -2.26. The summed E-state index contributed by atoms with van der Waals surface area (Å²) in [6.45, 7) is 5.58. The van der Waals surface area contributed by atoms with Gasteiger partial charge < -0.3 is 0 Å². The normalized spacial score (nSPS) is 19.3. The van der Waals surface area contributed by atoms with Crippen molar-refractivity contribution in [1.82, 2.24) is 4.31 Å². The van der Waals surface area contributed by atoms with E-state index in [1.165, 1.54) is 0 Å². The van der Waals surface area contributed by atoms with Crippen LogP contribution in [0.1, 0.15) is 51.0 Å². The van der Waals surface area contributed by atoms with Crippen LogP contribution in [0, 0.1) is 0 Å². The number of hydrogen-bond acceptors (Lipinski definition) is 2. The van der Waals surface area contributed by atoms with Crippen molar-refractivity contribution < 1.29 is 8.42 Å². The molecule has 0 aromatic heterocycles. The lowest BCUT2D eigenvalue weighted by atomic mass is 9.99. The summed E-state index contributed by atoms with van der Waals surface area (Å²) in [5, 5.41) is 0. The van der Waals surface area contributed by atoms with E-state index in [0.29, 0.717) is 23.9 Å². The molecule has 0 bridgehead atoms. The molecule has 2 rings (SSSR count). The molecule has 4 heteroatoms. The summed E-state index contributed by atoms with van der Waals surface area (Å²) in [6.07, 6.45) is 4.11. The van der Waals surface area contributed by atoms with E-state index in [2.05, 4.69) is 13.8 Å². The standard InChI is InChI=1S/C15H23NO2S/c1-3-13(2)14-8-7-9-15(12-14)19(17,18)16-10-5-4-6-11-16/h7-9,12-13H,3-6,10-11H2,1-2H3. The van der Waals surface area contributed by atoms with Crippen molar-refractivity contribution in [2.45, 2.75) is 50.3 Å². The predicted octanol–water partition coefficient (Wildman–Crippen LogP) is 3.37. The van der Waals surface area contributed by atoms with Crippen molar-refractivity contribution in [2.24, 2.45) is 0 Å². The molecule has 1 fully saturated rings. The third-order valence-corrected chi connectivity index (χ3v) is 5.89. The van der Waals surface area contributed by atoms with E-state index in [1.54, 1.807) is 10.4 Å². The van der Waals surface area contributed by atoms with Gasteiger partial charge >= 0.3 is 0 Å². The first-order valence-electron chi connectivity index (χ1n) is 7.16. The fourth-order valence-corrected chi connectivity index (χ4v) is 4.04. The molecule has 0 aliphatic carbocycles. The molecule has 0 spiro atoms. The Bertz CT molecular complexity index is 519. The lowest BCUT2D eigenvalue weighted by molar-refractivity contribution is 0.346. The maximum absolute atomic E-state index is 12.6. The Morgan fingerprint density at radius 2 is 1.89 bits per heavy atom. The minimum Gasteiger partial charge on any atom is -0.207 e. The molecule has 0 radical (unpaired) electrons.